The summed E-state index contributed by atoms with van der Waals surface area (Å²) in [4.78, 5) is 13.0. The van der Waals surface area contributed by atoms with Gasteiger partial charge in [-0.15, -0.1) is 0 Å². The summed E-state index contributed by atoms with van der Waals surface area (Å²) in [5, 5.41) is 8.56. The molecule has 1 N–H and O–H groups in total. The van der Waals surface area contributed by atoms with E-state index in [-0.39, 0.29) is 5.92 Å². The minimum atomic E-state index is 0.170. The number of carbonyl (C=O) groups is 1. The summed E-state index contributed by atoms with van der Waals surface area (Å²) in [7, 11) is 0. The molecule has 4 heteroatoms. The molecule has 0 saturated carbocycles. The Bertz CT molecular complexity index is 994. The SMILES string of the molecule is Cc1ccc(-n2nc(C)c3c2NC2=C(C(=O)CCC2)[C@@H]3[C@@H]2CC=CCC2)cc1. The minimum absolute atomic E-state index is 0.170. The second-order valence-electron chi connectivity index (χ2n) is 8.41. The van der Waals surface area contributed by atoms with E-state index in [2.05, 4.69) is 55.6 Å². The van der Waals surface area contributed by atoms with Gasteiger partial charge in [0.25, 0.3) is 0 Å². The molecule has 0 spiro atoms. The highest BCUT2D eigenvalue weighted by atomic mass is 16.1. The van der Waals surface area contributed by atoms with Gasteiger partial charge in [-0.05, 0) is 64.0 Å². The average molecular weight is 374 g/mol. The molecule has 0 amide bonds. The van der Waals surface area contributed by atoms with E-state index in [0.29, 0.717) is 18.1 Å². The number of aromatic nitrogens is 2. The van der Waals surface area contributed by atoms with Crippen LogP contribution < -0.4 is 5.32 Å². The van der Waals surface area contributed by atoms with Crippen molar-refractivity contribution < 1.29 is 4.79 Å². The van der Waals surface area contributed by atoms with Crippen molar-refractivity contribution in [2.45, 2.75) is 58.3 Å². The van der Waals surface area contributed by atoms with Gasteiger partial charge in [-0.2, -0.15) is 5.10 Å². The van der Waals surface area contributed by atoms with Gasteiger partial charge in [0.1, 0.15) is 5.82 Å². The van der Waals surface area contributed by atoms with Crippen molar-refractivity contribution >= 4 is 11.6 Å². The number of aryl methyl sites for hydroxylation is 2. The fourth-order valence-electron chi connectivity index (χ4n) is 5.14. The van der Waals surface area contributed by atoms with Crippen molar-refractivity contribution in [1.29, 1.82) is 0 Å². The summed E-state index contributed by atoms with van der Waals surface area (Å²) in [6, 6.07) is 8.50. The van der Waals surface area contributed by atoms with Crippen LogP contribution in [0.3, 0.4) is 0 Å². The average Bonchev–Trinajstić information content (AvgIpc) is 3.04. The Hall–Kier alpha value is -2.62. The van der Waals surface area contributed by atoms with Gasteiger partial charge in [0.05, 0.1) is 11.4 Å². The first-order valence-electron chi connectivity index (χ1n) is 10.5. The molecule has 28 heavy (non-hydrogen) atoms. The molecule has 2 aromatic rings. The molecule has 5 rings (SSSR count). The maximum atomic E-state index is 13.0. The number of hydrogen-bond donors (Lipinski definition) is 1. The Labute approximate surface area is 166 Å². The van der Waals surface area contributed by atoms with Crippen LogP contribution in [-0.4, -0.2) is 15.6 Å². The normalized spacial score (nSPS) is 24.0. The number of nitrogens with zero attached hydrogens (tertiary/aromatic N) is 2. The lowest BCUT2D eigenvalue weighted by Crippen LogP contribution is -2.31. The number of ketones is 1. The molecule has 0 bridgehead atoms. The maximum Gasteiger partial charge on any atom is 0.161 e. The summed E-state index contributed by atoms with van der Waals surface area (Å²) in [6.45, 7) is 4.19. The fraction of sp³-hybridized carbons (Fsp3) is 0.417. The molecule has 144 valence electrons. The quantitative estimate of drug-likeness (QED) is 0.721. The first kappa shape index (κ1) is 17.5. The van der Waals surface area contributed by atoms with Crippen LogP contribution in [0.25, 0.3) is 5.69 Å². The highest BCUT2D eigenvalue weighted by molar-refractivity contribution is 6.00. The maximum absolute atomic E-state index is 13.0. The number of nitrogens with one attached hydrogen (secondary N) is 1. The Morgan fingerprint density at radius 3 is 2.68 bits per heavy atom. The Balaban J connectivity index is 1.68. The molecule has 0 radical (unpaired) electrons. The van der Waals surface area contributed by atoms with Crippen molar-refractivity contribution in [2.75, 3.05) is 5.32 Å². The molecule has 1 aromatic heterocycles. The third-order valence-corrected chi connectivity index (χ3v) is 6.51. The predicted octanol–water partition coefficient (Wildman–Crippen LogP) is 5.36. The van der Waals surface area contributed by atoms with E-state index in [1.54, 1.807) is 0 Å². The second kappa shape index (κ2) is 6.77. The molecule has 2 heterocycles. The van der Waals surface area contributed by atoms with Crippen LogP contribution in [0.2, 0.25) is 0 Å². The highest BCUT2D eigenvalue weighted by Gasteiger charge is 2.41. The topological polar surface area (TPSA) is 46.9 Å². The van der Waals surface area contributed by atoms with Gasteiger partial charge in [0, 0.05) is 29.2 Å². The van der Waals surface area contributed by atoms with E-state index in [4.69, 9.17) is 5.10 Å². The summed E-state index contributed by atoms with van der Waals surface area (Å²) in [5.41, 5.74) is 6.75. The van der Waals surface area contributed by atoms with Crippen LogP contribution in [0.4, 0.5) is 5.82 Å². The second-order valence-corrected chi connectivity index (χ2v) is 8.41. The third kappa shape index (κ3) is 2.74. The van der Waals surface area contributed by atoms with Gasteiger partial charge < -0.3 is 5.32 Å². The smallest absolute Gasteiger partial charge is 0.161 e. The molecule has 1 aliphatic heterocycles. The van der Waals surface area contributed by atoms with Crippen LogP contribution in [0.1, 0.15) is 61.3 Å². The number of benzene rings is 1. The van der Waals surface area contributed by atoms with E-state index in [9.17, 15) is 4.79 Å². The lowest BCUT2D eigenvalue weighted by atomic mass is 9.70. The number of fused-ring (bicyclic) bond motifs is 1. The molecule has 3 aliphatic rings. The number of rotatable bonds is 2. The van der Waals surface area contributed by atoms with Gasteiger partial charge in [0.15, 0.2) is 5.78 Å². The van der Waals surface area contributed by atoms with Crippen LogP contribution >= 0.6 is 0 Å². The van der Waals surface area contributed by atoms with Crippen LogP contribution in [-0.2, 0) is 4.79 Å². The number of Topliss-reactive ketones (excluding diaryl/α,β-unsaturated/α-hetero) is 1. The van der Waals surface area contributed by atoms with E-state index < -0.39 is 0 Å². The van der Waals surface area contributed by atoms with E-state index in [1.807, 2.05) is 4.68 Å². The largest absolute Gasteiger partial charge is 0.343 e. The van der Waals surface area contributed by atoms with Crippen LogP contribution in [0.5, 0.6) is 0 Å². The number of carbonyl (C=O) groups excluding carboxylic acids is 1. The van der Waals surface area contributed by atoms with Gasteiger partial charge in [0.2, 0.25) is 0 Å². The molecule has 2 atom stereocenters. The molecule has 1 aromatic carbocycles. The number of hydrogen-bond acceptors (Lipinski definition) is 3. The molecular formula is C24H27N3O. The third-order valence-electron chi connectivity index (χ3n) is 6.51. The Kier molecular flexibility index (Phi) is 4.22. The lowest BCUT2D eigenvalue weighted by Gasteiger charge is -2.37. The summed E-state index contributed by atoms with van der Waals surface area (Å²) in [5.74, 6) is 2.05. The van der Waals surface area contributed by atoms with Crippen molar-refractivity contribution in [3.63, 3.8) is 0 Å². The number of anilines is 1. The zero-order chi connectivity index (χ0) is 19.3. The first-order chi connectivity index (χ1) is 13.6. The predicted molar refractivity (Wildman–Crippen MR) is 112 cm³/mol. The molecule has 0 saturated heterocycles. The van der Waals surface area contributed by atoms with Crippen molar-refractivity contribution in [2.24, 2.45) is 5.92 Å². The van der Waals surface area contributed by atoms with E-state index in [1.165, 1.54) is 11.1 Å². The molecule has 2 aliphatic carbocycles. The van der Waals surface area contributed by atoms with Gasteiger partial charge in [-0.1, -0.05) is 29.8 Å². The molecule has 4 nitrogen and oxygen atoms in total. The standard InChI is InChI=1S/C24H27N3O/c1-15-11-13-18(14-12-15)27-24-21(16(2)26-27)22(17-7-4-3-5-8-17)23-19(25-24)9-6-10-20(23)28/h3-4,11-14,17,22,25H,5-10H2,1-2H3/t17-,22-/m1/s1. The van der Waals surface area contributed by atoms with Gasteiger partial charge in [-0.3, -0.25) is 4.79 Å². The highest BCUT2D eigenvalue weighted by Crippen LogP contribution is 2.49. The monoisotopic (exact) mass is 373 g/mol. The summed E-state index contributed by atoms with van der Waals surface area (Å²) in [6.07, 6.45) is 10.4. The zero-order valence-electron chi connectivity index (χ0n) is 16.7. The molecular weight excluding hydrogens is 346 g/mol. The fourth-order valence-corrected chi connectivity index (χ4v) is 5.14. The Morgan fingerprint density at radius 1 is 1.11 bits per heavy atom. The van der Waals surface area contributed by atoms with E-state index in [0.717, 1.165) is 60.6 Å². The van der Waals surface area contributed by atoms with Gasteiger partial charge in [-0.25, -0.2) is 4.68 Å². The number of allylic oxidation sites excluding steroid dienone is 4. The first-order valence-corrected chi connectivity index (χ1v) is 10.5. The van der Waals surface area contributed by atoms with Crippen molar-refractivity contribution in [3.8, 4) is 5.69 Å². The summed E-state index contributed by atoms with van der Waals surface area (Å²) >= 11 is 0. The van der Waals surface area contributed by atoms with Crippen molar-refractivity contribution in [1.82, 2.24) is 9.78 Å². The Morgan fingerprint density at radius 2 is 1.93 bits per heavy atom. The van der Waals surface area contributed by atoms with Crippen molar-refractivity contribution in [3.05, 3.63) is 64.5 Å². The lowest BCUT2D eigenvalue weighted by molar-refractivity contribution is -0.116. The molecule has 0 fully saturated rings. The van der Waals surface area contributed by atoms with Gasteiger partial charge >= 0.3 is 0 Å². The summed E-state index contributed by atoms with van der Waals surface area (Å²) < 4.78 is 2.04. The van der Waals surface area contributed by atoms with Crippen LogP contribution in [0.15, 0.2) is 47.7 Å². The van der Waals surface area contributed by atoms with E-state index >= 15 is 0 Å². The zero-order valence-corrected chi connectivity index (χ0v) is 16.7. The molecule has 0 unspecified atom stereocenters. The minimum Gasteiger partial charge on any atom is -0.343 e. The van der Waals surface area contributed by atoms with Crippen LogP contribution in [0, 0.1) is 19.8 Å².